The SMILES string of the molecule is CC1(C)OB(c2cc(CC3CC3)ncc2F)OC1(C)C. The van der Waals surface area contributed by atoms with Gasteiger partial charge in [-0.1, -0.05) is 0 Å². The number of nitrogens with zero attached hydrogens (tertiary/aromatic N) is 1. The average Bonchev–Trinajstić information content (AvgIpc) is 3.10. The van der Waals surface area contributed by atoms with Gasteiger partial charge in [-0.3, -0.25) is 4.98 Å². The van der Waals surface area contributed by atoms with Crippen LogP contribution in [0.15, 0.2) is 12.3 Å². The lowest BCUT2D eigenvalue weighted by molar-refractivity contribution is 0.00578. The van der Waals surface area contributed by atoms with Gasteiger partial charge < -0.3 is 9.31 Å². The Morgan fingerprint density at radius 1 is 1.25 bits per heavy atom. The van der Waals surface area contributed by atoms with E-state index in [-0.39, 0.29) is 5.82 Å². The van der Waals surface area contributed by atoms with E-state index >= 15 is 0 Å². The lowest BCUT2D eigenvalue weighted by atomic mass is 9.78. The van der Waals surface area contributed by atoms with Gasteiger partial charge in [0, 0.05) is 11.2 Å². The van der Waals surface area contributed by atoms with Gasteiger partial charge in [-0.2, -0.15) is 0 Å². The second kappa shape index (κ2) is 4.53. The van der Waals surface area contributed by atoms with Gasteiger partial charge in [0.15, 0.2) is 0 Å². The van der Waals surface area contributed by atoms with Crippen molar-refractivity contribution in [1.82, 2.24) is 4.98 Å². The van der Waals surface area contributed by atoms with Crippen molar-refractivity contribution in [3.63, 3.8) is 0 Å². The first kappa shape index (κ1) is 14.0. The van der Waals surface area contributed by atoms with Crippen molar-refractivity contribution in [3.05, 3.63) is 23.8 Å². The highest BCUT2D eigenvalue weighted by atomic mass is 19.1. The first-order valence-corrected chi connectivity index (χ1v) is 7.28. The van der Waals surface area contributed by atoms with Crippen LogP contribution in [0.25, 0.3) is 0 Å². The van der Waals surface area contributed by atoms with Gasteiger partial charge in [-0.25, -0.2) is 4.39 Å². The molecule has 0 N–H and O–H groups in total. The molecule has 1 aromatic heterocycles. The van der Waals surface area contributed by atoms with Gasteiger partial charge in [-0.15, -0.1) is 0 Å². The summed E-state index contributed by atoms with van der Waals surface area (Å²) in [6.45, 7) is 7.88. The minimum absolute atomic E-state index is 0.358. The van der Waals surface area contributed by atoms with Crippen molar-refractivity contribution >= 4 is 12.6 Å². The minimum Gasteiger partial charge on any atom is -0.399 e. The van der Waals surface area contributed by atoms with E-state index in [1.807, 2.05) is 27.7 Å². The molecule has 1 aliphatic carbocycles. The maximum absolute atomic E-state index is 14.1. The van der Waals surface area contributed by atoms with E-state index in [0.29, 0.717) is 5.46 Å². The third-order valence-electron chi connectivity index (χ3n) is 4.64. The summed E-state index contributed by atoms with van der Waals surface area (Å²) < 4.78 is 25.9. The van der Waals surface area contributed by atoms with Crippen LogP contribution in [0, 0.1) is 11.7 Å². The lowest BCUT2D eigenvalue weighted by Crippen LogP contribution is -2.41. The van der Waals surface area contributed by atoms with Crippen LogP contribution in [0.4, 0.5) is 4.39 Å². The van der Waals surface area contributed by atoms with E-state index in [1.54, 1.807) is 6.07 Å². The molecule has 1 aromatic rings. The predicted octanol–water partition coefficient (Wildman–Crippen LogP) is 2.47. The maximum Gasteiger partial charge on any atom is 0.497 e. The standard InChI is InChI=1S/C15H21BFNO2/c1-14(2)15(3,4)20-16(19-14)12-8-11(7-10-5-6-10)18-9-13(12)17/h8-10H,5-7H2,1-4H3. The van der Waals surface area contributed by atoms with Crippen LogP contribution in [-0.2, 0) is 15.7 Å². The number of aromatic nitrogens is 1. The Balaban J connectivity index is 1.86. The molecule has 1 saturated carbocycles. The third-order valence-corrected chi connectivity index (χ3v) is 4.64. The van der Waals surface area contributed by atoms with Crippen molar-refractivity contribution in [2.24, 2.45) is 5.92 Å². The molecule has 108 valence electrons. The molecule has 0 aromatic carbocycles. The molecule has 1 saturated heterocycles. The Hall–Kier alpha value is -0.935. The molecule has 0 amide bonds. The van der Waals surface area contributed by atoms with Crippen LogP contribution in [-0.4, -0.2) is 23.3 Å². The number of hydrogen-bond donors (Lipinski definition) is 0. The van der Waals surface area contributed by atoms with Crippen molar-refractivity contribution < 1.29 is 13.7 Å². The molecule has 5 heteroatoms. The number of pyridine rings is 1. The quantitative estimate of drug-likeness (QED) is 0.795. The van der Waals surface area contributed by atoms with Crippen molar-refractivity contribution in [2.45, 2.75) is 58.2 Å². The normalized spacial score (nSPS) is 24.1. The van der Waals surface area contributed by atoms with E-state index in [2.05, 4.69) is 4.98 Å². The average molecular weight is 277 g/mol. The molecule has 3 nitrogen and oxygen atoms in total. The Morgan fingerprint density at radius 2 is 1.85 bits per heavy atom. The smallest absolute Gasteiger partial charge is 0.399 e. The van der Waals surface area contributed by atoms with Gasteiger partial charge in [-0.05, 0) is 58.9 Å². The first-order chi connectivity index (χ1) is 9.28. The summed E-state index contributed by atoms with van der Waals surface area (Å²) in [7, 11) is -0.652. The van der Waals surface area contributed by atoms with Gasteiger partial charge in [0.2, 0.25) is 0 Å². The summed E-state index contributed by atoms with van der Waals surface area (Å²) >= 11 is 0. The zero-order valence-electron chi connectivity index (χ0n) is 12.6. The molecular formula is C15H21BFNO2. The molecule has 1 aliphatic heterocycles. The third kappa shape index (κ3) is 2.49. The topological polar surface area (TPSA) is 31.4 Å². The molecule has 2 heterocycles. The highest BCUT2D eigenvalue weighted by Crippen LogP contribution is 2.37. The molecule has 2 fully saturated rings. The predicted molar refractivity (Wildman–Crippen MR) is 76.3 cm³/mol. The summed E-state index contributed by atoms with van der Waals surface area (Å²) in [6.07, 6.45) is 4.72. The van der Waals surface area contributed by atoms with Crippen LogP contribution >= 0.6 is 0 Å². The Bertz CT molecular complexity index is 513. The fourth-order valence-electron chi connectivity index (χ4n) is 2.38. The lowest BCUT2D eigenvalue weighted by Gasteiger charge is -2.32. The molecule has 0 unspecified atom stereocenters. The fourth-order valence-corrected chi connectivity index (χ4v) is 2.38. The van der Waals surface area contributed by atoms with Crippen LogP contribution in [0.3, 0.4) is 0 Å². The van der Waals surface area contributed by atoms with E-state index in [0.717, 1.165) is 18.0 Å². The van der Waals surface area contributed by atoms with Crippen molar-refractivity contribution in [3.8, 4) is 0 Å². The van der Waals surface area contributed by atoms with E-state index in [4.69, 9.17) is 9.31 Å². The number of hydrogen-bond acceptors (Lipinski definition) is 3. The van der Waals surface area contributed by atoms with Crippen molar-refractivity contribution in [2.75, 3.05) is 0 Å². The fraction of sp³-hybridized carbons (Fsp3) is 0.667. The Labute approximate surface area is 120 Å². The second-order valence-electron chi connectivity index (χ2n) is 6.93. The molecular weight excluding hydrogens is 256 g/mol. The van der Waals surface area contributed by atoms with E-state index in [1.165, 1.54) is 19.0 Å². The molecule has 0 radical (unpaired) electrons. The monoisotopic (exact) mass is 277 g/mol. The molecule has 20 heavy (non-hydrogen) atoms. The minimum atomic E-state index is -0.652. The van der Waals surface area contributed by atoms with Gasteiger partial charge in [0.25, 0.3) is 0 Å². The van der Waals surface area contributed by atoms with E-state index < -0.39 is 18.3 Å². The first-order valence-electron chi connectivity index (χ1n) is 7.28. The second-order valence-corrected chi connectivity index (χ2v) is 6.93. The Morgan fingerprint density at radius 3 is 2.40 bits per heavy atom. The molecule has 0 atom stereocenters. The van der Waals surface area contributed by atoms with E-state index in [9.17, 15) is 4.39 Å². The summed E-state index contributed by atoms with van der Waals surface area (Å²) in [5.41, 5.74) is 0.488. The Kier molecular flexibility index (Phi) is 3.18. The molecule has 0 spiro atoms. The number of rotatable bonds is 3. The molecule has 3 rings (SSSR count). The summed E-state index contributed by atoms with van der Waals surface area (Å²) in [5.74, 6) is 0.363. The molecule has 2 aliphatic rings. The highest BCUT2D eigenvalue weighted by molar-refractivity contribution is 6.62. The zero-order chi connectivity index (χ0) is 14.5. The summed E-state index contributed by atoms with van der Waals surface area (Å²) in [6, 6.07) is 1.80. The van der Waals surface area contributed by atoms with Crippen LogP contribution < -0.4 is 5.46 Å². The van der Waals surface area contributed by atoms with Crippen LogP contribution in [0.5, 0.6) is 0 Å². The molecule has 0 bridgehead atoms. The zero-order valence-corrected chi connectivity index (χ0v) is 12.6. The van der Waals surface area contributed by atoms with Crippen LogP contribution in [0.1, 0.15) is 46.2 Å². The summed E-state index contributed by atoms with van der Waals surface area (Å²) in [5, 5.41) is 0. The van der Waals surface area contributed by atoms with Gasteiger partial charge in [0.05, 0.1) is 17.4 Å². The van der Waals surface area contributed by atoms with Crippen molar-refractivity contribution in [1.29, 1.82) is 0 Å². The van der Waals surface area contributed by atoms with Gasteiger partial charge in [0.1, 0.15) is 5.82 Å². The number of halogens is 1. The largest absolute Gasteiger partial charge is 0.497 e. The van der Waals surface area contributed by atoms with Gasteiger partial charge >= 0.3 is 7.12 Å². The maximum atomic E-state index is 14.1. The van der Waals surface area contributed by atoms with Crippen LogP contribution in [0.2, 0.25) is 0 Å². The highest BCUT2D eigenvalue weighted by Gasteiger charge is 2.52. The summed E-state index contributed by atoms with van der Waals surface area (Å²) in [4.78, 5) is 4.18.